The molecule has 2 aromatic rings. The molecule has 1 N–H and O–H groups in total. The summed E-state index contributed by atoms with van der Waals surface area (Å²) in [7, 11) is 0. The zero-order valence-electron chi connectivity index (χ0n) is 13.3. The zero-order chi connectivity index (χ0) is 15.8. The molecule has 0 saturated heterocycles. The number of nitrogens with one attached hydrogen (secondary N) is 1. The van der Waals surface area contributed by atoms with Crippen molar-refractivity contribution in [1.82, 2.24) is 5.32 Å². The third-order valence-corrected chi connectivity index (χ3v) is 3.54. The van der Waals surface area contributed by atoms with Crippen molar-refractivity contribution in [3.8, 4) is 0 Å². The van der Waals surface area contributed by atoms with Crippen molar-refractivity contribution in [3.05, 3.63) is 71.8 Å². The fourth-order valence-corrected chi connectivity index (χ4v) is 2.42. The Morgan fingerprint density at radius 2 is 1.64 bits per heavy atom. The average Bonchev–Trinajstić information content (AvgIpc) is 2.54. The lowest BCUT2D eigenvalue weighted by atomic mass is 10.0. The highest BCUT2D eigenvalue weighted by atomic mass is 16.1. The molecule has 22 heavy (non-hydrogen) atoms. The summed E-state index contributed by atoms with van der Waals surface area (Å²) in [5, 5.41) is 3.09. The zero-order valence-corrected chi connectivity index (χ0v) is 13.3. The summed E-state index contributed by atoms with van der Waals surface area (Å²) in [6.07, 6.45) is 3.99. The van der Waals surface area contributed by atoms with Crippen molar-refractivity contribution in [3.63, 3.8) is 0 Å². The molecule has 114 valence electrons. The maximum Gasteiger partial charge on any atom is 0.252 e. The molecule has 1 atom stereocenters. The van der Waals surface area contributed by atoms with E-state index in [-0.39, 0.29) is 11.9 Å². The molecule has 0 radical (unpaired) electrons. The van der Waals surface area contributed by atoms with Crippen molar-refractivity contribution in [2.45, 2.75) is 32.7 Å². The Balaban J connectivity index is 2.30. The van der Waals surface area contributed by atoms with Crippen molar-refractivity contribution in [2.75, 3.05) is 0 Å². The Morgan fingerprint density at radius 3 is 2.23 bits per heavy atom. The molecule has 0 aliphatic rings. The van der Waals surface area contributed by atoms with Crippen LogP contribution in [-0.2, 0) is 4.79 Å². The van der Waals surface area contributed by atoms with Crippen LogP contribution in [0.1, 0.15) is 37.8 Å². The number of carbonyl (C=O) groups excluding carboxylic acids is 1. The molecule has 2 heteroatoms. The second-order valence-corrected chi connectivity index (χ2v) is 5.50. The van der Waals surface area contributed by atoms with Gasteiger partial charge in [-0.2, -0.15) is 0 Å². The van der Waals surface area contributed by atoms with E-state index in [1.54, 1.807) is 0 Å². The van der Waals surface area contributed by atoms with Gasteiger partial charge in [0.2, 0.25) is 0 Å². The fraction of sp³-hybridized carbons (Fsp3) is 0.250. The Morgan fingerprint density at radius 1 is 1.05 bits per heavy atom. The van der Waals surface area contributed by atoms with Crippen LogP contribution in [0, 0.1) is 0 Å². The summed E-state index contributed by atoms with van der Waals surface area (Å²) < 4.78 is 0. The molecular weight excluding hydrogens is 270 g/mol. The van der Waals surface area contributed by atoms with Gasteiger partial charge in [-0.1, -0.05) is 74.0 Å². The number of amides is 1. The van der Waals surface area contributed by atoms with Crippen LogP contribution in [0.5, 0.6) is 0 Å². The lowest BCUT2D eigenvalue weighted by molar-refractivity contribution is -0.116. The van der Waals surface area contributed by atoms with Gasteiger partial charge in [0.1, 0.15) is 0 Å². The summed E-state index contributed by atoms with van der Waals surface area (Å²) in [6.45, 7) is 4.17. The summed E-state index contributed by atoms with van der Waals surface area (Å²) in [5.41, 5.74) is 2.67. The monoisotopic (exact) mass is 293 g/mol. The van der Waals surface area contributed by atoms with Gasteiger partial charge in [-0.15, -0.1) is 0 Å². The van der Waals surface area contributed by atoms with Crippen molar-refractivity contribution < 1.29 is 4.79 Å². The predicted molar refractivity (Wildman–Crippen MR) is 93.3 cm³/mol. The van der Waals surface area contributed by atoms with Gasteiger partial charge in [0.15, 0.2) is 0 Å². The van der Waals surface area contributed by atoms with Crippen LogP contribution in [0.25, 0.3) is 11.6 Å². The molecule has 0 aliphatic carbocycles. The van der Waals surface area contributed by atoms with Crippen LogP contribution < -0.4 is 5.32 Å². The van der Waals surface area contributed by atoms with E-state index in [1.165, 1.54) is 0 Å². The topological polar surface area (TPSA) is 29.1 Å². The number of hydrogen-bond donors (Lipinski definition) is 1. The summed E-state index contributed by atoms with van der Waals surface area (Å²) >= 11 is 0. The summed E-state index contributed by atoms with van der Waals surface area (Å²) in [6, 6.07) is 19.9. The van der Waals surface area contributed by atoms with Crippen LogP contribution in [0.3, 0.4) is 0 Å². The van der Waals surface area contributed by atoms with E-state index in [4.69, 9.17) is 0 Å². The van der Waals surface area contributed by atoms with Crippen LogP contribution >= 0.6 is 0 Å². The van der Waals surface area contributed by atoms with Gasteiger partial charge in [-0.05, 0) is 30.5 Å². The molecule has 0 saturated carbocycles. The quantitative estimate of drug-likeness (QED) is 0.615. The van der Waals surface area contributed by atoms with Crippen LogP contribution in [0.4, 0.5) is 0 Å². The third kappa shape index (κ3) is 4.59. The van der Waals surface area contributed by atoms with E-state index in [9.17, 15) is 4.79 Å². The van der Waals surface area contributed by atoms with Crippen LogP contribution in [0.15, 0.2) is 60.7 Å². The molecule has 1 amide bonds. The van der Waals surface area contributed by atoms with Gasteiger partial charge in [0.25, 0.3) is 5.91 Å². The molecule has 0 bridgehead atoms. The van der Waals surface area contributed by atoms with Gasteiger partial charge in [-0.25, -0.2) is 0 Å². The average molecular weight is 293 g/mol. The Hall–Kier alpha value is -2.35. The second-order valence-electron chi connectivity index (χ2n) is 5.50. The van der Waals surface area contributed by atoms with Gasteiger partial charge in [0, 0.05) is 11.6 Å². The molecule has 0 fully saturated rings. The lowest BCUT2D eigenvalue weighted by Crippen LogP contribution is -2.32. The minimum absolute atomic E-state index is 0.0176. The first-order valence-corrected chi connectivity index (χ1v) is 7.83. The number of carbonyl (C=O) groups is 1. The molecule has 2 nitrogen and oxygen atoms in total. The highest BCUT2D eigenvalue weighted by Crippen LogP contribution is 2.19. The standard InChI is InChI=1S/C20H23NO/c1-3-10-16(2)21-20(22)19(18-13-8-5-9-14-18)15-17-11-6-4-7-12-17/h4-9,11-16H,3,10H2,1-2H3,(H,21,22)/b19-15+. The number of hydrogen-bond acceptors (Lipinski definition) is 1. The van der Waals surface area contributed by atoms with E-state index < -0.39 is 0 Å². The Bertz CT molecular complexity index is 617. The van der Waals surface area contributed by atoms with Gasteiger partial charge in [0.05, 0.1) is 0 Å². The summed E-state index contributed by atoms with van der Waals surface area (Å²) in [4.78, 5) is 12.7. The lowest BCUT2D eigenvalue weighted by Gasteiger charge is -2.15. The van der Waals surface area contributed by atoms with E-state index in [2.05, 4.69) is 12.2 Å². The van der Waals surface area contributed by atoms with Crippen molar-refractivity contribution in [2.24, 2.45) is 0 Å². The first-order chi connectivity index (χ1) is 10.7. The molecule has 0 aromatic heterocycles. The molecular formula is C20H23NO. The minimum Gasteiger partial charge on any atom is -0.350 e. The van der Waals surface area contributed by atoms with Gasteiger partial charge >= 0.3 is 0 Å². The predicted octanol–water partition coefficient (Wildman–Crippen LogP) is 4.53. The maximum absolute atomic E-state index is 12.7. The first kappa shape index (κ1) is 16.0. The minimum atomic E-state index is -0.0176. The van der Waals surface area contributed by atoms with E-state index in [0.717, 1.165) is 24.0 Å². The van der Waals surface area contributed by atoms with Crippen molar-refractivity contribution >= 4 is 17.6 Å². The highest BCUT2D eigenvalue weighted by Gasteiger charge is 2.14. The molecule has 0 aliphatic heterocycles. The van der Waals surface area contributed by atoms with Crippen LogP contribution in [-0.4, -0.2) is 11.9 Å². The van der Waals surface area contributed by atoms with E-state index in [0.29, 0.717) is 5.57 Å². The maximum atomic E-state index is 12.7. The van der Waals surface area contributed by atoms with Crippen LogP contribution in [0.2, 0.25) is 0 Å². The van der Waals surface area contributed by atoms with Crippen molar-refractivity contribution in [1.29, 1.82) is 0 Å². The van der Waals surface area contributed by atoms with E-state index >= 15 is 0 Å². The highest BCUT2D eigenvalue weighted by molar-refractivity contribution is 6.24. The second kappa shape index (κ2) is 8.18. The first-order valence-electron chi connectivity index (χ1n) is 7.83. The molecule has 0 spiro atoms. The van der Waals surface area contributed by atoms with E-state index in [1.807, 2.05) is 73.7 Å². The number of rotatable bonds is 6. The SMILES string of the molecule is CCCC(C)NC(=O)/C(=C/c1ccccc1)c1ccccc1. The molecule has 2 aromatic carbocycles. The third-order valence-electron chi connectivity index (χ3n) is 3.54. The number of benzene rings is 2. The Labute approximate surface area is 132 Å². The normalized spacial score (nSPS) is 12.7. The molecule has 2 rings (SSSR count). The van der Waals surface area contributed by atoms with Gasteiger partial charge < -0.3 is 5.32 Å². The largest absolute Gasteiger partial charge is 0.350 e. The summed E-state index contributed by atoms with van der Waals surface area (Å²) in [5.74, 6) is -0.0176. The Kier molecular flexibility index (Phi) is 5.96. The molecule has 1 unspecified atom stereocenters. The fourth-order valence-electron chi connectivity index (χ4n) is 2.42. The molecule has 0 heterocycles. The van der Waals surface area contributed by atoms with Gasteiger partial charge in [-0.3, -0.25) is 4.79 Å². The smallest absolute Gasteiger partial charge is 0.252 e.